The molecule has 1 heterocycles. The number of nitrogens with one attached hydrogen (secondary N) is 1. The minimum absolute atomic E-state index is 0.125. The molecule has 1 fully saturated rings. The standard InChI is InChI=1S/C8H19BN2O2/c1-8(10)6-11-5-7(8)3-2-4-9(12)13/h7,11-13H,2-6,10H2,1H3/t7-,8-/m0/s1. The molecule has 1 saturated heterocycles. The highest BCUT2D eigenvalue weighted by atomic mass is 16.4. The van der Waals surface area contributed by atoms with E-state index in [1.165, 1.54) is 0 Å². The molecule has 5 heteroatoms. The van der Waals surface area contributed by atoms with Crippen molar-refractivity contribution in [3.05, 3.63) is 0 Å². The highest BCUT2D eigenvalue weighted by Crippen LogP contribution is 2.24. The highest BCUT2D eigenvalue weighted by molar-refractivity contribution is 6.40. The van der Waals surface area contributed by atoms with Gasteiger partial charge in [0.15, 0.2) is 0 Å². The van der Waals surface area contributed by atoms with Gasteiger partial charge in [-0.25, -0.2) is 0 Å². The van der Waals surface area contributed by atoms with E-state index in [0.717, 1.165) is 25.9 Å². The summed E-state index contributed by atoms with van der Waals surface area (Å²) >= 11 is 0. The summed E-state index contributed by atoms with van der Waals surface area (Å²) in [6.07, 6.45) is 2.25. The molecule has 4 nitrogen and oxygen atoms in total. The monoisotopic (exact) mass is 186 g/mol. The van der Waals surface area contributed by atoms with Crippen LogP contribution in [0.4, 0.5) is 0 Å². The molecule has 0 aromatic heterocycles. The Labute approximate surface area is 79.7 Å². The summed E-state index contributed by atoms with van der Waals surface area (Å²) in [6.45, 7) is 3.86. The van der Waals surface area contributed by atoms with Crippen LogP contribution in [0.1, 0.15) is 19.8 Å². The fourth-order valence-corrected chi connectivity index (χ4v) is 1.87. The average molecular weight is 186 g/mol. The zero-order valence-electron chi connectivity index (χ0n) is 8.16. The molecular formula is C8H19BN2O2. The Balaban J connectivity index is 2.21. The Bertz CT molecular complexity index is 164. The molecule has 2 atom stereocenters. The van der Waals surface area contributed by atoms with Crippen LogP contribution >= 0.6 is 0 Å². The molecule has 76 valence electrons. The Morgan fingerprint density at radius 1 is 1.62 bits per heavy atom. The van der Waals surface area contributed by atoms with Crippen molar-refractivity contribution in [3.63, 3.8) is 0 Å². The molecule has 0 aromatic carbocycles. The topological polar surface area (TPSA) is 78.5 Å². The average Bonchev–Trinajstić information content (AvgIpc) is 2.30. The van der Waals surface area contributed by atoms with Crippen molar-refractivity contribution in [2.45, 2.75) is 31.6 Å². The first-order valence-corrected chi connectivity index (χ1v) is 4.88. The van der Waals surface area contributed by atoms with Gasteiger partial charge in [-0.15, -0.1) is 0 Å². The van der Waals surface area contributed by atoms with Crippen molar-refractivity contribution in [3.8, 4) is 0 Å². The van der Waals surface area contributed by atoms with Crippen molar-refractivity contribution < 1.29 is 10.0 Å². The lowest BCUT2D eigenvalue weighted by atomic mass is 9.79. The van der Waals surface area contributed by atoms with Gasteiger partial charge < -0.3 is 21.1 Å². The van der Waals surface area contributed by atoms with Gasteiger partial charge in [-0.2, -0.15) is 0 Å². The summed E-state index contributed by atoms with van der Waals surface area (Å²) in [6, 6.07) is 0. The van der Waals surface area contributed by atoms with E-state index >= 15 is 0 Å². The lowest BCUT2D eigenvalue weighted by molar-refractivity contribution is 0.343. The smallest absolute Gasteiger partial charge is 0.427 e. The van der Waals surface area contributed by atoms with Crippen molar-refractivity contribution >= 4 is 7.12 Å². The SMILES string of the molecule is C[C@]1(N)CNC[C@@H]1CCCB(O)O. The largest absolute Gasteiger partial charge is 0.451 e. The molecule has 1 aliphatic rings. The van der Waals surface area contributed by atoms with Gasteiger partial charge in [0.2, 0.25) is 0 Å². The maximum absolute atomic E-state index is 8.67. The zero-order valence-corrected chi connectivity index (χ0v) is 8.16. The first kappa shape index (κ1) is 11.0. The molecule has 13 heavy (non-hydrogen) atoms. The molecule has 5 N–H and O–H groups in total. The van der Waals surface area contributed by atoms with E-state index in [0.29, 0.717) is 12.2 Å². The maximum atomic E-state index is 8.67. The summed E-state index contributed by atoms with van der Waals surface area (Å²) in [5.74, 6) is 0.464. The van der Waals surface area contributed by atoms with E-state index in [1.54, 1.807) is 0 Å². The molecule has 1 rings (SSSR count). The van der Waals surface area contributed by atoms with E-state index < -0.39 is 7.12 Å². The quantitative estimate of drug-likeness (QED) is 0.432. The second-order valence-electron chi connectivity index (χ2n) is 4.25. The van der Waals surface area contributed by atoms with Crippen molar-refractivity contribution in [2.24, 2.45) is 11.7 Å². The van der Waals surface area contributed by atoms with Crippen molar-refractivity contribution in [1.82, 2.24) is 5.32 Å². The third kappa shape index (κ3) is 3.27. The molecule has 0 spiro atoms. The van der Waals surface area contributed by atoms with Gasteiger partial charge in [-0.05, 0) is 32.1 Å². The zero-order chi connectivity index (χ0) is 9.90. The molecule has 0 aromatic rings. The van der Waals surface area contributed by atoms with Gasteiger partial charge in [-0.1, -0.05) is 6.42 Å². The third-order valence-electron chi connectivity index (χ3n) is 2.84. The fourth-order valence-electron chi connectivity index (χ4n) is 1.87. The molecule has 0 bridgehead atoms. The van der Waals surface area contributed by atoms with Crippen LogP contribution in [0.2, 0.25) is 6.32 Å². The fraction of sp³-hybridized carbons (Fsp3) is 1.00. The molecule has 0 radical (unpaired) electrons. The lowest BCUT2D eigenvalue weighted by Gasteiger charge is -2.25. The Hall–Kier alpha value is -0.0951. The first-order chi connectivity index (χ1) is 6.02. The van der Waals surface area contributed by atoms with Crippen LogP contribution in [0.25, 0.3) is 0 Å². The summed E-state index contributed by atoms with van der Waals surface area (Å²) in [4.78, 5) is 0. The minimum atomic E-state index is -1.17. The van der Waals surface area contributed by atoms with Gasteiger partial charge in [0.1, 0.15) is 0 Å². The van der Waals surface area contributed by atoms with E-state index in [4.69, 9.17) is 15.8 Å². The predicted octanol–water partition coefficient (Wildman–Crippen LogP) is -0.824. The maximum Gasteiger partial charge on any atom is 0.451 e. The van der Waals surface area contributed by atoms with Gasteiger partial charge in [0, 0.05) is 12.1 Å². The predicted molar refractivity (Wildman–Crippen MR) is 53.2 cm³/mol. The van der Waals surface area contributed by atoms with Crippen LogP contribution in [0.5, 0.6) is 0 Å². The van der Waals surface area contributed by atoms with Gasteiger partial charge >= 0.3 is 7.12 Å². The van der Waals surface area contributed by atoms with Crippen molar-refractivity contribution in [2.75, 3.05) is 13.1 Å². The van der Waals surface area contributed by atoms with Crippen LogP contribution < -0.4 is 11.1 Å². The Morgan fingerprint density at radius 2 is 2.31 bits per heavy atom. The molecule has 0 aliphatic carbocycles. The number of nitrogens with two attached hydrogens (primary N) is 1. The summed E-state index contributed by atoms with van der Waals surface area (Å²) in [5, 5.41) is 20.6. The second kappa shape index (κ2) is 4.42. The van der Waals surface area contributed by atoms with Gasteiger partial charge in [0.25, 0.3) is 0 Å². The van der Waals surface area contributed by atoms with Crippen LogP contribution in [0, 0.1) is 5.92 Å². The molecule has 0 unspecified atom stereocenters. The van der Waals surface area contributed by atoms with Crippen molar-refractivity contribution in [1.29, 1.82) is 0 Å². The highest BCUT2D eigenvalue weighted by Gasteiger charge is 2.34. The number of hydrogen-bond donors (Lipinski definition) is 4. The number of hydrogen-bond acceptors (Lipinski definition) is 4. The normalized spacial score (nSPS) is 33.7. The van der Waals surface area contributed by atoms with Gasteiger partial charge in [0.05, 0.1) is 0 Å². The second-order valence-corrected chi connectivity index (χ2v) is 4.25. The number of rotatable bonds is 4. The summed E-state index contributed by atoms with van der Waals surface area (Å²) in [5.41, 5.74) is 5.93. The molecule has 1 aliphatic heterocycles. The van der Waals surface area contributed by atoms with Crippen LogP contribution in [0.3, 0.4) is 0 Å². The lowest BCUT2D eigenvalue weighted by Crippen LogP contribution is -2.44. The van der Waals surface area contributed by atoms with Crippen LogP contribution in [-0.2, 0) is 0 Å². The molecule has 0 amide bonds. The van der Waals surface area contributed by atoms with E-state index in [9.17, 15) is 0 Å². The minimum Gasteiger partial charge on any atom is -0.427 e. The third-order valence-corrected chi connectivity index (χ3v) is 2.84. The van der Waals surface area contributed by atoms with Crippen LogP contribution in [-0.4, -0.2) is 35.8 Å². The molecule has 0 saturated carbocycles. The van der Waals surface area contributed by atoms with E-state index in [1.807, 2.05) is 6.92 Å². The van der Waals surface area contributed by atoms with Crippen LogP contribution in [0.15, 0.2) is 0 Å². The van der Waals surface area contributed by atoms with E-state index in [2.05, 4.69) is 5.32 Å². The summed E-state index contributed by atoms with van der Waals surface area (Å²) < 4.78 is 0. The Morgan fingerprint density at radius 3 is 2.77 bits per heavy atom. The van der Waals surface area contributed by atoms with Gasteiger partial charge in [-0.3, -0.25) is 0 Å². The first-order valence-electron chi connectivity index (χ1n) is 4.88. The summed E-state index contributed by atoms with van der Waals surface area (Å²) in [7, 11) is -1.17. The molecular weight excluding hydrogens is 167 g/mol. The Kier molecular flexibility index (Phi) is 3.73. The van der Waals surface area contributed by atoms with E-state index in [-0.39, 0.29) is 5.54 Å².